The molecule has 21 heavy (non-hydrogen) atoms. The van der Waals surface area contributed by atoms with Gasteiger partial charge in [-0.1, -0.05) is 48.5 Å². The lowest BCUT2D eigenvalue weighted by Gasteiger charge is -2.07. The summed E-state index contributed by atoms with van der Waals surface area (Å²) in [6, 6.07) is 15.3. The third-order valence-electron chi connectivity index (χ3n) is 2.90. The van der Waals surface area contributed by atoms with Crippen LogP contribution in [-0.2, 0) is 22.7 Å². The molecule has 2 aromatic rings. The summed E-state index contributed by atoms with van der Waals surface area (Å²) >= 11 is 0. The molecule has 0 fully saturated rings. The Labute approximate surface area is 122 Å². The first-order valence-electron chi connectivity index (χ1n) is 6.50. The first-order valence-corrected chi connectivity index (χ1v) is 6.50. The maximum atomic E-state index is 13.4. The van der Waals surface area contributed by atoms with E-state index in [-0.39, 0.29) is 13.1 Å². The molecule has 2 aromatic carbocycles. The smallest absolute Gasteiger partial charge is 0.309 e. The summed E-state index contributed by atoms with van der Waals surface area (Å²) in [5, 5.41) is 4.89. The highest BCUT2D eigenvalue weighted by Gasteiger charge is 2.13. The predicted molar refractivity (Wildman–Crippen MR) is 76.5 cm³/mol. The average molecular weight is 286 g/mol. The number of carbonyl (C=O) groups is 2. The van der Waals surface area contributed by atoms with Crippen molar-refractivity contribution in [1.29, 1.82) is 0 Å². The standard InChI is InChI=1S/C16H15FN2O2/c17-14-9-5-4-8-13(14)11-19-16(21)15(20)18-10-12-6-2-1-3-7-12/h1-9H,10-11H2,(H,18,20)(H,19,21). The number of rotatable bonds is 4. The Morgan fingerprint density at radius 1 is 0.810 bits per heavy atom. The molecule has 0 aliphatic heterocycles. The molecular weight excluding hydrogens is 271 g/mol. The van der Waals surface area contributed by atoms with Crippen LogP contribution < -0.4 is 10.6 Å². The van der Waals surface area contributed by atoms with Gasteiger partial charge in [-0.2, -0.15) is 0 Å². The second kappa shape index (κ2) is 7.19. The van der Waals surface area contributed by atoms with Gasteiger partial charge in [0.25, 0.3) is 0 Å². The van der Waals surface area contributed by atoms with Crippen LogP contribution in [0.1, 0.15) is 11.1 Å². The van der Waals surface area contributed by atoms with Gasteiger partial charge in [0.05, 0.1) is 0 Å². The van der Waals surface area contributed by atoms with E-state index in [9.17, 15) is 14.0 Å². The van der Waals surface area contributed by atoms with Crippen molar-refractivity contribution in [2.75, 3.05) is 0 Å². The Morgan fingerprint density at radius 2 is 1.38 bits per heavy atom. The molecule has 0 aromatic heterocycles. The fourth-order valence-corrected chi connectivity index (χ4v) is 1.76. The summed E-state index contributed by atoms with van der Waals surface area (Å²) < 4.78 is 13.4. The third kappa shape index (κ3) is 4.42. The van der Waals surface area contributed by atoms with E-state index in [0.717, 1.165) is 5.56 Å². The average Bonchev–Trinajstić information content (AvgIpc) is 2.52. The molecule has 5 heteroatoms. The Bertz CT molecular complexity index is 629. The molecule has 0 saturated heterocycles. The summed E-state index contributed by atoms with van der Waals surface area (Å²) in [7, 11) is 0. The van der Waals surface area contributed by atoms with Gasteiger partial charge in [-0.3, -0.25) is 9.59 Å². The van der Waals surface area contributed by atoms with Crippen molar-refractivity contribution in [3.05, 3.63) is 71.5 Å². The number of nitrogens with one attached hydrogen (secondary N) is 2. The van der Waals surface area contributed by atoms with Gasteiger partial charge in [-0.05, 0) is 11.6 Å². The molecule has 0 unspecified atom stereocenters. The molecule has 4 nitrogen and oxygen atoms in total. The van der Waals surface area contributed by atoms with Gasteiger partial charge in [0.2, 0.25) is 0 Å². The van der Waals surface area contributed by atoms with Gasteiger partial charge in [-0.25, -0.2) is 4.39 Å². The van der Waals surface area contributed by atoms with Gasteiger partial charge in [0, 0.05) is 18.7 Å². The minimum atomic E-state index is -0.783. The van der Waals surface area contributed by atoms with Crippen molar-refractivity contribution in [1.82, 2.24) is 10.6 Å². The van der Waals surface area contributed by atoms with Crippen LogP contribution in [0.5, 0.6) is 0 Å². The van der Waals surface area contributed by atoms with Crippen LogP contribution in [0.2, 0.25) is 0 Å². The van der Waals surface area contributed by atoms with Gasteiger partial charge in [-0.15, -0.1) is 0 Å². The summed E-state index contributed by atoms with van der Waals surface area (Å²) in [5.74, 6) is -1.94. The number of halogens is 1. The first kappa shape index (κ1) is 14.7. The quantitative estimate of drug-likeness (QED) is 0.841. The van der Waals surface area contributed by atoms with Crippen molar-refractivity contribution in [2.24, 2.45) is 0 Å². The normalized spacial score (nSPS) is 9.95. The largest absolute Gasteiger partial charge is 0.344 e. The Balaban J connectivity index is 1.80. The number of hydrogen-bond donors (Lipinski definition) is 2. The lowest BCUT2D eigenvalue weighted by Crippen LogP contribution is -2.39. The van der Waals surface area contributed by atoms with E-state index in [4.69, 9.17) is 0 Å². The predicted octanol–water partition coefficient (Wildman–Crippen LogP) is 1.76. The third-order valence-corrected chi connectivity index (χ3v) is 2.90. The van der Waals surface area contributed by atoms with Crippen LogP contribution in [-0.4, -0.2) is 11.8 Å². The molecule has 0 heterocycles. The maximum absolute atomic E-state index is 13.4. The van der Waals surface area contributed by atoms with Crippen molar-refractivity contribution in [3.8, 4) is 0 Å². The number of hydrogen-bond acceptors (Lipinski definition) is 2. The minimum Gasteiger partial charge on any atom is -0.344 e. The van der Waals surface area contributed by atoms with E-state index in [2.05, 4.69) is 10.6 Å². The van der Waals surface area contributed by atoms with E-state index in [0.29, 0.717) is 5.56 Å². The van der Waals surface area contributed by atoms with E-state index >= 15 is 0 Å². The summed E-state index contributed by atoms with van der Waals surface area (Å²) in [4.78, 5) is 23.2. The van der Waals surface area contributed by atoms with Gasteiger partial charge in [0.15, 0.2) is 0 Å². The molecule has 2 rings (SSSR count). The second-order valence-corrected chi connectivity index (χ2v) is 4.44. The number of carbonyl (C=O) groups excluding carboxylic acids is 2. The Kier molecular flexibility index (Phi) is 5.04. The molecule has 0 aliphatic rings. The van der Waals surface area contributed by atoms with Crippen molar-refractivity contribution < 1.29 is 14.0 Å². The molecular formula is C16H15FN2O2. The van der Waals surface area contributed by atoms with Gasteiger partial charge < -0.3 is 10.6 Å². The highest BCUT2D eigenvalue weighted by molar-refractivity contribution is 6.35. The first-order chi connectivity index (χ1) is 10.2. The lowest BCUT2D eigenvalue weighted by atomic mass is 10.2. The zero-order valence-corrected chi connectivity index (χ0v) is 11.3. The van der Waals surface area contributed by atoms with Gasteiger partial charge in [0.1, 0.15) is 5.82 Å². The van der Waals surface area contributed by atoms with Crippen molar-refractivity contribution in [3.63, 3.8) is 0 Å². The lowest BCUT2D eigenvalue weighted by molar-refractivity contribution is -0.139. The molecule has 0 spiro atoms. The van der Waals surface area contributed by atoms with Crippen LogP contribution in [0.15, 0.2) is 54.6 Å². The van der Waals surface area contributed by atoms with Crippen LogP contribution in [0.25, 0.3) is 0 Å². The van der Waals surface area contributed by atoms with Crippen LogP contribution in [0, 0.1) is 5.82 Å². The summed E-state index contributed by atoms with van der Waals surface area (Å²) in [6.45, 7) is 0.247. The highest BCUT2D eigenvalue weighted by atomic mass is 19.1. The molecule has 108 valence electrons. The van der Waals surface area contributed by atoms with E-state index in [1.165, 1.54) is 6.07 Å². The topological polar surface area (TPSA) is 58.2 Å². The molecule has 2 amide bonds. The number of amides is 2. The monoisotopic (exact) mass is 286 g/mol. The maximum Gasteiger partial charge on any atom is 0.309 e. The molecule has 0 atom stereocenters. The minimum absolute atomic E-state index is 0.0235. The molecule has 2 N–H and O–H groups in total. The van der Waals surface area contributed by atoms with E-state index in [1.54, 1.807) is 18.2 Å². The second-order valence-electron chi connectivity index (χ2n) is 4.44. The summed E-state index contributed by atoms with van der Waals surface area (Å²) in [6.07, 6.45) is 0. The zero-order chi connectivity index (χ0) is 15.1. The summed E-state index contributed by atoms with van der Waals surface area (Å²) in [5.41, 5.74) is 1.23. The molecule has 0 radical (unpaired) electrons. The fraction of sp³-hybridized carbons (Fsp3) is 0.125. The number of benzene rings is 2. The highest BCUT2D eigenvalue weighted by Crippen LogP contribution is 2.05. The van der Waals surface area contributed by atoms with Crippen molar-refractivity contribution in [2.45, 2.75) is 13.1 Å². The van der Waals surface area contributed by atoms with E-state index < -0.39 is 17.6 Å². The van der Waals surface area contributed by atoms with Crippen LogP contribution in [0.3, 0.4) is 0 Å². The van der Waals surface area contributed by atoms with Gasteiger partial charge >= 0.3 is 11.8 Å². The fourth-order valence-electron chi connectivity index (χ4n) is 1.76. The SMILES string of the molecule is O=C(NCc1ccccc1)C(=O)NCc1ccccc1F. The zero-order valence-electron chi connectivity index (χ0n) is 11.3. The molecule has 0 bridgehead atoms. The molecule has 0 saturated carbocycles. The van der Waals surface area contributed by atoms with Crippen LogP contribution in [0.4, 0.5) is 4.39 Å². The Hall–Kier alpha value is -2.69. The molecule has 0 aliphatic carbocycles. The Morgan fingerprint density at radius 3 is 2.05 bits per heavy atom. The van der Waals surface area contributed by atoms with Crippen molar-refractivity contribution >= 4 is 11.8 Å². The van der Waals surface area contributed by atoms with Crippen LogP contribution >= 0.6 is 0 Å². The van der Waals surface area contributed by atoms with E-state index in [1.807, 2.05) is 30.3 Å².